The molecule has 1 atom stereocenters. The Hall–Kier alpha value is -3.42. The number of amides is 2. The van der Waals surface area contributed by atoms with Crippen LogP contribution < -0.4 is 5.32 Å². The second-order valence-electron chi connectivity index (χ2n) is 9.49. The highest BCUT2D eigenvalue weighted by atomic mass is 32.1. The van der Waals surface area contributed by atoms with E-state index in [0.29, 0.717) is 28.0 Å². The number of carbonyl (C=O) groups excluding carboxylic acids is 1. The highest BCUT2D eigenvalue weighted by Gasteiger charge is 2.38. The Morgan fingerprint density at radius 3 is 2.62 bits per heavy atom. The predicted molar refractivity (Wildman–Crippen MR) is 130 cm³/mol. The van der Waals surface area contributed by atoms with Crippen LogP contribution in [0.3, 0.4) is 0 Å². The number of nitrogens with zero attached hydrogens (tertiary/aromatic N) is 6. The minimum absolute atomic E-state index is 0.106. The van der Waals surface area contributed by atoms with Crippen molar-refractivity contribution in [1.29, 1.82) is 0 Å². The molecule has 0 bridgehead atoms. The van der Waals surface area contributed by atoms with Crippen molar-refractivity contribution in [2.24, 2.45) is 5.92 Å². The number of halogens is 3. The molecule has 10 nitrogen and oxygen atoms in total. The Morgan fingerprint density at radius 1 is 1.24 bits per heavy atom. The number of aromatic nitrogens is 4. The third-order valence-corrected chi connectivity index (χ3v) is 7.70. The Balaban J connectivity index is 1.37. The minimum atomic E-state index is -4.63. The van der Waals surface area contributed by atoms with Gasteiger partial charge >= 0.3 is 12.3 Å². The smallest absolute Gasteiger partial charge is 0.407 e. The van der Waals surface area contributed by atoms with Crippen molar-refractivity contribution in [1.82, 2.24) is 29.4 Å². The first-order valence-corrected chi connectivity index (χ1v) is 12.9. The molecule has 1 saturated carbocycles. The second kappa shape index (κ2) is 9.80. The summed E-state index contributed by atoms with van der Waals surface area (Å²) in [5, 5.41) is 18.9. The average molecular weight is 538 g/mol. The topological polar surface area (TPSA) is 116 Å². The fraction of sp³-hybridized carbons (Fsp3) is 0.522. The standard InChI is InChI=1S/C23H26F3N7O3S/c1-13(14-2-3-14)28-18-10-17(29-19(30-18)16-11-27-33-8-9-37-21(16)33)20(34)31-6-4-15(5-7-31)32(22(35)36)12-23(24,25)26/h8-11,13-15H,2-7,12H2,1H3,(H,35,36)(H,28,29,30)/t13-/m1/s1. The molecule has 3 aromatic rings. The maximum atomic E-state index is 13.4. The molecule has 1 aliphatic carbocycles. The third kappa shape index (κ3) is 5.63. The van der Waals surface area contributed by atoms with Crippen molar-refractivity contribution in [3.63, 3.8) is 0 Å². The van der Waals surface area contributed by atoms with E-state index in [1.807, 2.05) is 11.6 Å². The maximum Gasteiger partial charge on any atom is 0.407 e. The van der Waals surface area contributed by atoms with Crippen LogP contribution in [-0.4, -0.2) is 84.4 Å². The summed E-state index contributed by atoms with van der Waals surface area (Å²) >= 11 is 1.47. The van der Waals surface area contributed by atoms with E-state index in [0.717, 1.165) is 17.7 Å². The molecule has 1 saturated heterocycles. The zero-order chi connectivity index (χ0) is 26.3. The highest BCUT2D eigenvalue weighted by molar-refractivity contribution is 7.16. The van der Waals surface area contributed by atoms with Gasteiger partial charge in [-0.3, -0.25) is 9.69 Å². The summed E-state index contributed by atoms with van der Waals surface area (Å²) in [5.41, 5.74) is 0.852. The molecule has 2 amide bonds. The molecule has 2 aliphatic rings. The third-order valence-electron chi connectivity index (χ3n) is 6.81. The van der Waals surface area contributed by atoms with Crippen LogP contribution >= 0.6 is 11.3 Å². The molecule has 2 fully saturated rings. The number of nitrogens with one attached hydrogen (secondary N) is 1. The van der Waals surface area contributed by atoms with Crippen molar-refractivity contribution in [3.05, 3.63) is 29.5 Å². The van der Waals surface area contributed by atoms with Crippen LogP contribution in [0.25, 0.3) is 16.2 Å². The first-order valence-electron chi connectivity index (χ1n) is 12.0. The second-order valence-corrected chi connectivity index (χ2v) is 10.4. The lowest BCUT2D eigenvalue weighted by Crippen LogP contribution is -2.51. The summed E-state index contributed by atoms with van der Waals surface area (Å²) in [4.78, 5) is 36.8. The molecule has 0 aromatic carbocycles. The fourth-order valence-corrected chi connectivity index (χ4v) is 5.46. The molecule has 0 radical (unpaired) electrons. The molecule has 1 aliphatic heterocycles. The molecule has 37 heavy (non-hydrogen) atoms. The predicted octanol–water partition coefficient (Wildman–Crippen LogP) is 4.21. The van der Waals surface area contributed by atoms with Gasteiger partial charge in [-0.2, -0.15) is 18.3 Å². The summed E-state index contributed by atoms with van der Waals surface area (Å²) in [6.45, 7) is 0.773. The van der Waals surface area contributed by atoms with Gasteiger partial charge < -0.3 is 15.3 Å². The Labute approximate surface area is 214 Å². The number of rotatable bonds is 7. The number of carboxylic acid groups (broad SMARTS) is 1. The lowest BCUT2D eigenvalue weighted by Gasteiger charge is -2.37. The van der Waals surface area contributed by atoms with E-state index >= 15 is 0 Å². The van der Waals surface area contributed by atoms with Crippen LogP contribution in [0.15, 0.2) is 23.8 Å². The molecule has 14 heteroatoms. The number of carbonyl (C=O) groups is 2. The van der Waals surface area contributed by atoms with E-state index in [9.17, 15) is 27.9 Å². The summed E-state index contributed by atoms with van der Waals surface area (Å²) in [5.74, 6) is 1.04. The Morgan fingerprint density at radius 2 is 1.97 bits per heavy atom. The zero-order valence-electron chi connectivity index (χ0n) is 20.0. The molecular weight excluding hydrogens is 511 g/mol. The maximum absolute atomic E-state index is 13.4. The van der Waals surface area contributed by atoms with Crippen molar-refractivity contribution < 1.29 is 27.9 Å². The largest absolute Gasteiger partial charge is 0.465 e. The number of anilines is 1. The van der Waals surface area contributed by atoms with E-state index in [4.69, 9.17) is 0 Å². The SMILES string of the molecule is C[C@@H](Nc1cc(C(=O)N2CCC(N(CC(F)(F)F)C(=O)O)CC2)nc(-c2cnn3ccsc23)n1)C1CC1. The first-order chi connectivity index (χ1) is 17.6. The molecule has 2 N–H and O–H groups in total. The molecule has 0 spiro atoms. The van der Waals surface area contributed by atoms with Gasteiger partial charge in [0.2, 0.25) is 0 Å². The number of fused-ring (bicyclic) bond motifs is 1. The number of thiazole rings is 1. The van der Waals surface area contributed by atoms with Gasteiger partial charge in [0.1, 0.15) is 22.9 Å². The molecule has 3 aromatic heterocycles. The van der Waals surface area contributed by atoms with Crippen LogP contribution in [-0.2, 0) is 0 Å². The van der Waals surface area contributed by atoms with Gasteiger partial charge in [0.25, 0.3) is 5.91 Å². The van der Waals surface area contributed by atoms with Crippen LogP contribution in [0.1, 0.15) is 43.1 Å². The number of hydrogen-bond donors (Lipinski definition) is 2. The van der Waals surface area contributed by atoms with Crippen LogP contribution in [0.4, 0.5) is 23.8 Å². The van der Waals surface area contributed by atoms with E-state index in [1.165, 1.54) is 16.2 Å². The number of likely N-dealkylation sites (tertiary alicyclic amines) is 1. The van der Waals surface area contributed by atoms with E-state index in [1.54, 1.807) is 16.8 Å². The van der Waals surface area contributed by atoms with Crippen molar-refractivity contribution in [3.8, 4) is 11.4 Å². The first kappa shape index (κ1) is 25.2. The van der Waals surface area contributed by atoms with E-state index in [2.05, 4.69) is 27.3 Å². The molecule has 4 heterocycles. The Bertz CT molecular complexity index is 1300. The van der Waals surface area contributed by atoms with Gasteiger partial charge in [-0.25, -0.2) is 19.3 Å². The summed E-state index contributed by atoms with van der Waals surface area (Å²) in [7, 11) is 0. The van der Waals surface area contributed by atoms with Gasteiger partial charge in [0.05, 0.1) is 11.8 Å². The Kier molecular flexibility index (Phi) is 6.68. The lowest BCUT2D eigenvalue weighted by molar-refractivity contribution is -0.147. The normalized spacial score (nSPS) is 17.7. The van der Waals surface area contributed by atoms with Crippen molar-refractivity contribution >= 4 is 34.0 Å². The van der Waals surface area contributed by atoms with Crippen molar-refractivity contribution in [2.45, 2.75) is 50.9 Å². The zero-order valence-corrected chi connectivity index (χ0v) is 20.8. The summed E-state index contributed by atoms with van der Waals surface area (Å²) < 4.78 is 40.3. The van der Waals surface area contributed by atoms with E-state index in [-0.39, 0.29) is 43.6 Å². The lowest BCUT2D eigenvalue weighted by atomic mass is 10.0. The fourth-order valence-electron chi connectivity index (χ4n) is 4.67. The molecule has 5 rings (SSSR count). The molecule has 0 unspecified atom stereocenters. The monoisotopic (exact) mass is 537 g/mol. The van der Waals surface area contributed by atoms with Gasteiger partial charge in [-0.15, -0.1) is 11.3 Å². The number of hydrogen-bond acceptors (Lipinski definition) is 7. The van der Waals surface area contributed by atoms with Crippen LogP contribution in [0.5, 0.6) is 0 Å². The van der Waals surface area contributed by atoms with Gasteiger partial charge in [-0.05, 0) is 38.5 Å². The summed E-state index contributed by atoms with van der Waals surface area (Å²) in [6, 6.07) is 0.949. The highest BCUT2D eigenvalue weighted by Crippen LogP contribution is 2.34. The van der Waals surface area contributed by atoms with Gasteiger partial charge in [0.15, 0.2) is 5.82 Å². The average Bonchev–Trinajstić information content (AvgIpc) is 3.47. The number of piperidine rings is 1. The van der Waals surface area contributed by atoms with Gasteiger partial charge in [-0.1, -0.05) is 0 Å². The van der Waals surface area contributed by atoms with Crippen molar-refractivity contribution in [2.75, 3.05) is 25.0 Å². The van der Waals surface area contributed by atoms with Crippen LogP contribution in [0, 0.1) is 5.92 Å². The summed E-state index contributed by atoms with van der Waals surface area (Å²) in [6.07, 6.45) is -0.312. The number of alkyl halides is 3. The van der Waals surface area contributed by atoms with Crippen LogP contribution in [0.2, 0.25) is 0 Å². The minimum Gasteiger partial charge on any atom is -0.465 e. The quantitative estimate of drug-likeness (QED) is 0.464. The molecular formula is C23H26F3N7O3S. The van der Waals surface area contributed by atoms with E-state index < -0.39 is 24.9 Å². The molecule has 198 valence electrons. The van der Waals surface area contributed by atoms with Gasteiger partial charge in [0, 0.05) is 42.8 Å².